The molecule has 0 bridgehead atoms. The van der Waals surface area contributed by atoms with Gasteiger partial charge in [0.1, 0.15) is 11.3 Å². The zero-order valence-corrected chi connectivity index (χ0v) is 12.1. The summed E-state index contributed by atoms with van der Waals surface area (Å²) in [5.74, 6) is -0.364. The summed E-state index contributed by atoms with van der Waals surface area (Å²) in [6.07, 6.45) is 1.56. The van der Waals surface area contributed by atoms with Crippen molar-refractivity contribution in [3.63, 3.8) is 0 Å². The number of aryl methyl sites for hydroxylation is 1. The number of aromatic nitrogens is 4. The molecule has 0 saturated carbocycles. The third kappa shape index (κ3) is 1.85. The summed E-state index contributed by atoms with van der Waals surface area (Å²) in [5, 5.41) is 8.91. The monoisotopic (exact) mass is 302 g/mol. The third-order valence-electron chi connectivity index (χ3n) is 4.29. The van der Waals surface area contributed by atoms with Gasteiger partial charge < -0.3 is 4.74 Å². The molecule has 0 N–H and O–H groups in total. The van der Waals surface area contributed by atoms with Crippen LogP contribution in [0.15, 0.2) is 23.0 Å². The van der Waals surface area contributed by atoms with Gasteiger partial charge in [-0.2, -0.15) is 0 Å². The van der Waals surface area contributed by atoms with Crippen LogP contribution < -0.4 is 5.69 Å². The Hall–Kier alpha value is -2.28. The molecule has 0 aliphatic carbocycles. The van der Waals surface area contributed by atoms with Gasteiger partial charge in [-0.05, 0) is 25.0 Å². The highest BCUT2D eigenvalue weighted by Gasteiger charge is 2.24. The first-order valence-corrected chi connectivity index (χ1v) is 7.27. The normalized spacial score (nSPS) is 16.6. The summed E-state index contributed by atoms with van der Waals surface area (Å²) >= 11 is 0. The second kappa shape index (κ2) is 4.88. The van der Waals surface area contributed by atoms with Gasteiger partial charge in [-0.1, -0.05) is 0 Å². The number of rotatable bonds is 1. The van der Waals surface area contributed by atoms with Crippen molar-refractivity contribution in [1.29, 1.82) is 0 Å². The van der Waals surface area contributed by atoms with Crippen LogP contribution in [-0.2, 0) is 11.8 Å². The topological polar surface area (TPSA) is 61.9 Å². The van der Waals surface area contributed by atoms with Gasteiger partial charge in [0.05, 0.1) is 5.52 Å². The molecular formula is C15H15FN4O2. The molecule has 3 aromatic rings. The molecule has 3 heterocycles. The molecule has 0 spiro atoms. The second-order valence-corrected chi connectivity index (χ2v) is 5.59. The Morgan fingerprint density at radius 1 is 1.27 bits per heavy atom. The number of halogens is 1. The molecule has 6 nitrogen and oxygen atoms in total. The highest BCUT2D eigenvalue weighted by atomic mass is 19.1. The fourth-order valence-corrected chi connectivity index (χ4v) is 3.15. The number of nitrogens with zero attached hydrogens (tertiary/aromatic N) is 4. The van der Waals surface area contributed by atoms with Gasteiger partial charge >= 0.3 is 5.69 Å². The predicted molar refractivity (Wildman–Crippen MR) is 79.3 cm³/mol. The number of hydrogen-bond acceptors (Lipinski definition) is 4. The molecule has 1 aliphatic heterocycles. The van der Waals surface area contributed by atoms with Crippen LogP contribution in [0, 0.1) is 5.82 Å². The first-order valence-electron chi connectivity index (χ1n) is 7.27. The lowest BCUT2D eigenvalue weighted by atomic mass is 10.1. The molecule has 7 heteroatoms. The maximum absolute atomic E-state index is 13.4. The summed E-state index contributed by atoms with van der Waals surface area (Å²) in [6, 6.07) is 4.46. The molecule has 1 saturated heterocycles. The molecule has 2 aromatic heterocycles. The standard InChI is InChI=1S/C15H15FN4O2/c1-19-14-13(11-3-2-9(16)8-12(11)17-18-14)20(15(19)21)10-4-6-22-7-5-10/h2-3,8,10H,4-7H2,1H3. The molecule has 1 aromatic carbocycles. The second-order valence-electron chi connectivity index (χ2n) is 5.59. The van der Waals surface area contributed by atoms with E-state index >= 15 is 0 Å². The number of hydrogen-bond donors (Lipinski definition) is 0. The van der Waals surface area contributed by atoms with Crippen LogP contribution in [0.4, 0.5) is 4.39 Å². The lowest BCUT2D eigenvalue weighted by Gasteiger charge is -2.23. The lowest BCUT2D eigenvalue weighted by molar-refractivity contribution is 0.0697. The van der Waals surface area contributed by atoms with E-state index in [1.165, 1.54) is 16.7 Å². The van der Waals surface area contributed by atoms with E-state index in [0.29, 0.717) is 24.4 Å². The van der Waals surface area contributed by atoms with Gasteiger partial charge in [-0.25, -0.2) is 9.18 Å². The lowest BCUT2D eigenvalue weighted by Crippen LogP contribution is -2.29. The van der Waals surface area contributed by atoms with Gasteiger partial charge in [0.15, 0.2) is 5.65 Å². The quantitative estimate of drug-likeness (QED) is 0.687. The van der Waals surface area contributed by atoms with Gasteiger partial charge in [0.2, 0.25) is 0 Å². The molecule has 4 rings (SSSR count). The summed E-state index contributed by atoms with van der Waals surface area (Å²) in [7, 11) is 1.69. The highest BCUT2D eigenvalue weighted by Crippen LogP contribution is 2.28. The van der Waals surface area contributed by atoms with Crippen LogP contribution >= 0.6 is 0 Å². The summed E-state index contributed by atoms with van der Waals surface area (Å²) in [6.45, 7) is 1.27. The van der Waals surface area contributed by atoms with Crippen molar-refractivity contribution in [3.05, 3.63) is 34.5 Å². The Bertz CT molecular complexity index is 925. The maximum atomic E-state index is 13.4. The first-order chi connectivity index (χ1) is 10.7. The fourth-order valence-electron chi connectivity index (χ4n) is 3.15. The summed E-state index contributed by atoms with van der Waals surface area (Å²) in [5.41, 5.74) is 1.59. The molecule has 0 amide bonds. The Labute approximate surface area is 125 Å². The van der Waals surface area contributed by atoms with Crippen molar-refractivity contribution in [1.82, 2.24) is 19.3 Å². The van der Waals surface area contributed by atoms with E-state index in [9.17, 15) is 9.18 Å². The molecule has 0 radical (unpaired) electrons. The van der Waals surface area contributed by atoms with E-state index in [0.717, 1.165) is 23.7 Å². The Balaban J connectivity index is 2.09. The average Bonchev–Trinajstić information content (AvgIpc) is 2.80. The van der Waals surface area contributed by atoms with E-state index in [1.54, 1.807) is 17.7 Å². The van der Waals surface area contributed by atoms with Crippen molar-refractivity contribution in [3.8, 4) is 0 Å². The largest absolute Gasteiger partial charge is 0.381 e. The zero-order valence-electron chi connectivity index (χ0n) is 12.1. The Morgan fingerprint density at radius 2 is 2.05 bits per heavy atom. The summed E-state index contributed by atoms with van der Waals surface area (Å²) in [4.78, 5) is 12.6. The van der Waals surface area contributed by atoms with E-state index in [2.05, 4.69) is 10.2 Å². The minimum Gasteiger partial charge on any atom is -0.381 e. The molecule has 0 atom stereocenters. The van der Waals surface area contributed by atoms with Crippen LogP contribution in [0.5, 0.6) is 0 Å². The third-order valence-corrected chi connectivity index (χ3v) is 4.29. The number of imidazole rings is 1. The zero-order chi connectivity index (χ0) is 15.3. The Kier molecular flexibility index (Phi) is 2.97. The maximum Gasteiger partial charge on any atom is 0.330 e. The molecule has 22 heavy (non-hydrogen) atoms. The SMILES string of the molecule is Cn1c(=O)n(C2CCOCC2)c2c3ccc(F)cc3nnc21. The van der Waals surface area contributed by atoms with Crippen LogP contribution in [0.3, 0.4) is 0 Å². The van der Waals surface area contributed by atoms with Crippen LogP contribution in [0.1, 0.15) is 18.9 Å². The first kappa shape index (κ1) is 13.4. The summed E-state index contributed by atoms with van der Waals surface area (Å²) < 4.78 is 22.1. The average molecular weight is 302 g/mol. The minimum absolute atomic E-state index is 0.0717. The van der Waals surface area contributed by atoms with Crippen LogP contribution in [0.2, 0.25) is 0 Å². The number of fused-ring (bicyclic) bond motifs is 3. The van der Waals surface area contributed by atoms with Gasteiger partial charge in [-0.15, -0.1) is 10.2 Å². The molecular weight excluding hydrogens is 287 g/mol. The number of benzene rings is 1. The van der Waals surface area contributed by atoms with Crippen LogP contribution in [-0.4, -0.2) is 32.5 Å². The van der Waals surface area contributed by atoms with Gasteiger partial charge in [0, 0.05) is 37.8 Å². The molecule has 0 unspecified atom stereocenters. The molecule has 114 valence electrons. The Morgan fingerprint density at radius 3 is 2.82 bits per heavy atom. The van der Waals surface area contributed by atoms with E-state index in [-0.39, 0.29) is 17.5 Å². The molecule has 1 aliphatic rings. The van der Waals surface area contributed by atoms with Crippen LogP contribution in [0.25, 0.3) is 22.1 Å². The van der Waals surface area contributed by atoms with E-state index in [4.69, 9.17) is 4.74 Å². The van der Waals surface area contributed by atoms with Crippen molar-refractivity contribution in [2.75, 3.05) is 13.2 Å². The van der Waals surface area contributed by atoms with Crippen molar-refractivity contribution in [2.24, 2.45) is 7.05 Å². The van der Waals surface area contributed by atoms with Crippen molar-refractivity contribution < 1.29 is 9.13 Å². The van der Waals surface area contributed by atoms with Crippen molar-refractivity contribution >= 4 is 22.1 Å². The van der Waals surface area contributed by atoms with E-state index < -0.39 is 0 Å². The fraction of sp³-hybridized carbons (Fsp3) is 0.400. The smallest absolute Gasteiger partial charge is 0.330 e. The predicted octanol–water partition coefficient (Wildman–Crippen LogP) is 1.77. The highest BCUT2D eigenvalue weighted by molar-refractivity contribution is 6.00. The number of ether oxygens (including phenoxy) is 1. The van der Waals surface area contributed by atoms with Crippen molar-refractivity contribution in [2.45, 2.75) is 18.9 Å². The van der Waals surface area contributed by atoms with E-state index in [1.807, 2.05) is 0 Å². The van der Waals surface area contributed by atoms with Gasteiger partial charge in [-0.3, -0.25) is 9.13 Å². The molecule has 1 fully saturated rings. The minimum atomic E-state index is -0.364. The van der Waals surface area contributed by atoms with Gasteiger partial charge in [0.25, 0.3) is 0 Å².